The third-order valence-corrected chi connectivity index (χ3v) is 2.19. The summed E-state index contributed by atoms with van der Waals surface area (Å²) >= 11 is 3.54. The van der Waals surface area contributed by atoms with Gasteiger partial charge in [0.15, 0.2) is 0 Å². The molecule has 0 heterocycles. The maximum atomic E-state index is 8.84. The van der Waals surface area contributed by atoms with Crippen molar-refractivity contribution in [2.45, 2.75) is 6.54 Å². The molecule has 3 nitrogen and oxygen atoms in total. The lowest BCUT2D eigenvalue weighted by atomic mass is 10.2. The fraction of sp³-hybridized carbons (Fsp3) is 0.143. The molecule has 0 radical (unpaired) electrons. The number of nitrogens with zero attached hydrogens (tertiary/aromatic N) is 1. The molecular weight excluding hydrogens is 193 g/mol. The van der Waals surface area contributed by atoms with Gasteiger partial charge in [-0.05, 0) is 5.56 Å². The van der Waals surface area contributed by atoms with Crippen molar-refractivity contribution in [1.29, 1.82) is 0 Å². The van der Waals surface area contributed by atoms with Crippen molar-refractivity contribution < 1.29 is 9.79 Å². The summed E-state index contributed by atoms with van der Waals surface area (Å²) in [6.07, 6.45) is 0. The van der Waals surface area contributed by atoms with Crippen LogP contribution >= 0.6 is 19.0 Å². The van der Waals surface area contributed by atoms with Crippen molar-refractivity contribution >= 4 is 19.0 Å². The third-order valence-electron chi connectivity index (χ3n) is 1.29. The van der Waals surface area contributed by atoms with Gasteiger partial charge in [0.1, 0.15) is 0 Å². The van der Waals surface area contributed by atoms with Crippen LogP contribution in [0, 0.1) is 0 Å². The maximum absolute atomic E-state index is 8.84. The minimum Gasteiger partial charge on any atom is -0.332 e. The summed E-state index contributed by atoms with van der Waals surface area (Å²) in [6, 6.07) is 9.38. The highest BCUT2D eigenvalue weighted by Crippen LogP contribution is 2.44. The summed E-state index contributed by atoms with van der Waals surface area (Å²) in [5.74, 6) is 0. The monoisotopic (exact) mass is 203 g/mol. The summed E-state index contributed by atoms with van der Waals surface area (Å²) in [5, 5.41) is 0. The van der Waals surface area contributed by atoms with Crippen LogP contribution in [0.25, 0.3) is 0 Å². The Balaban J connectivity index is 2.67. The molecule has 0 fully saturated rings. The van der Waals surface area contributed by atoms with E-state index in [4.69, 9.17) is 9.79 Å². The Morgan fingerprint density at radius 3 is 2.33 bits per heavy atom. The fourth-order valence-corrected chi connectivity index (χ4v) is 1.30. The molecule has 1 rings (SSSR count). The van der Waals surface area contributed by atoms with Gasteiger partial charge in [-0.2, -0.15) is 0 Å². The van der Waals surface area contributed by atoms with Crippen LogP contribution in [0.4, 0.5) is 0 Å². The van der Waals surface area contributed by atoms with Crippen LogP contribution in [-0.2, 0) is 6.54 Å². The second-order valence-electron chi connectivity index (χ2n) is 2.32. The Morgan fingerprint density at radius 2 is 1.83 bits per heavy atom. The first-order valence-corrected chi connectivity index (χ1v) is 6.18. The van der Waals surface area contributed by atoms with Gasteiger partial charge in [0.25, 0.3) is 6.71 Å². The third kappa shape index (κ3) is 3.93. The molecular formula is C7H10NO2PS. The minimum atomic E-state index is -3.26. The summed E-state index contributed by atoms with van der Waals surface area (Å²) in [7, 11) is 0. The average molecular weight is 203 g/mol. The molecule has 0 aliphatic rings. The quantitative estimate of drug-likeness (QED) is 0.509. The second kappa shape index (κ2) is 4.10. The van der Waals surface area contributed by atoms with Gasteiger partial charge in [-0.25, -0.2) is 4.74 Å². The Morgan fingerprint density at radius 1 is 1.25 bits per heavy atom. The van der Waals surface area contributed by atoms with E-state index in [9.17, 15) is 0 Å². The predicted molar refractivity (Wildman–Crippen MR) is 52.9 cm³/mol. The molecule has 0 atom stereocenters. The summed E-state index contributed by atoms with van der Waals surface area (Å²) in [5.41, 5.74) is 0.944. The van der Waals surface area contributed by atoms with Crippen LogP contribution in [0.2, 0.25) is 0 Å². The highest BCUT2D eigenvalue weighted by Gasteiger charge is 2.00. The first kappa shape index (κ1) is 9.81. The molecule has 0 spiro atoms. The standard InChI is InChI=1S/C7H10NO2PS/c9-11(10,12)8-6-7-4-2-1-3-5-7/h1-5,9-10,12H,6H2. The largest absolute Gasteiger partial charge is 0.332 e. The van der Waals surface area contributed by atoms with E-state index in [2.05, 4.69) is 17.0 Å². The van der Waals surface area contributed by atoms with Crippen molar-refractivity contribution in [3.63, 3.8) is 0 Å². The Hall–Kier alpha value is -0.280. The molecule has 0 aromatic heterocycles. The van der Waals surface area contributed by atoms with E-state index >= 15 is 0 Å². The molecule has 1 aromatic carbocycles. The van der Waals surface area contributed by atoms with Gasteiger partial charge in [0.2, 0.25) is 0 Å². The number of hydrogen-bond acceptors (Lipinski definition) is 1. The van der Waals surface area contributed by atoms with Gasteiger partial charge in [-0.3, -0.25) is 0 Å². The zero-order chi connectivity index (χ0) is 9.03. The molecule has 66 valence electrons. The first-order chi connectivity index (χ1) is 5.58. The number of thiol groups is 1. The molecule has 0 bridgehead atoms. The van der Waals surface area contributed by atoms with Crippen molar-refractivity contribution in [3.8, 4) is 0 Å². The first-order valence-electron chi connectivity index (χ1n) is 3.38. The topological polar surface area (TPSA) is 52.8 Å². The average Bonchev–Trinajstić information content (AvgIpc) is 2.02. The van der Waals surface area contributed by atoms with E-state index in [1.54, 1.807) is 0 Å². The van der Waals surface area contributed by atoms with Crippen LogP contribution in [-0.4, -0.2) is 9.79 Å². The maximum Gasteiger partial charge on any atom is 0.264 e. The van der Waals surface area contributed by atoms with Crippen molar-refractivity contribution in [2.75, 3.05) is 0 Å². The van der Waals surface area contributed by atoms with Crippen molar-refractivity contribution in [1.82, 2.24) is 0 Å². The zero-order valence-corrected chi connectivity index (χ0v) is 8.12. The van der Waals surface area contributed by atoms with Crippen molar-refractivity contribution in [2.24, 2.45) is 4.74 Å². The molecule has 0 saturated heterocycles. The van der Waals surface area contributed by atoms with Gasteiger partial charge >= 0.3 is 0 Å². The SMILES string of the molecule is OP(O)(S)=NCc1ccccc1. The smallest absolute Gasteiger partial charge is 0.264 e. The van der Waals surface area contributed by atoms with E-state index in [1.807, 2.05) is 30.3 Å². The van der Waals surface area contributed by atoms with E-state index in [0.29, 0.717) is 6.54 Å². The van der Waals surface area contributed by atoms with Gasteiger partial charge < -0.3 is 9.79 Å². The lowest BCUT2D eigenvalue weighted by molar-refractivity contribution is 0.487. The highest BCUT2D eigenvalue weighted by molar-refractivity contribution is 8.44. The van der Waals surface area contributed by atoms with Gasteiger partial charge in [-0.15, -0.1) is 0 Å². The van der Waals surface area contributed by atoms with E-state index in [-0.39, 0.29) is 0 Å². The number of benzene rings is 1. The van der Waals surface area contributed by atoms with Gasteiger partial charge in [0, 0.05) is 0 Å². The molecule has 12 heavy (non-hydrogen) atoms. The summed E-state index contributed by atoms with van der Waals surface area (Å²) < 4.78 is 3.61. The van der Waals surface area contributed by atoms with Crippen LogP contribution < -0.4 is 0 Å². The molecule has 2 N–H and O–H groups in total. The van der Waals surface area contributed by atoms with Crippen LogP contribution in [0.1, 0.15) is 5.56 Å². The van der Waals surface area contributed by atoms with Gasteiger partial charge in [0.05, 0.1) is 6.54 Å². The van der Waals surface area contributed by atoms with E-state index in [0.717, 1.165) is 5.56 Å². The molecule has 0 unspecified atom stereocenters. The van der Waals surface area contributed by atoms with Gasteiger partial charge in [-0.1, -0.05) is 42.6 Å². The minimum absolute atomic E-state index is 0.297. The highest BCUT2D eigenvalue weighted by atomic mass is 32.7. The van der Waals surface area contributed by atoms with Crippen LogP contribution in [0.15, 0.2) is 35.1 Å². The molecule has 0 aliphatic carbocycles. The summed E-state index contributed by atoms with van der Waals surface area (Å²) in [6.45, 7) is -2.96. The molecule has 0 saturated carbocycles. The van der Waals surface area contributed by atoms with Crippen LogP contribution in [0.3, 0.4) is 0 Å². The lowest BCUT2D eigenvalue weighted by Crippen LogP contribution is -1.78. The van der Waals surface area contributed by atoms with E-state index < -0.39 is 6.71 Å². The Bertz CT molecular complexity index is 287. The molecule has 1 aromatic rings. The van der Waals surface area contributed by atoms with E-state index in [1.165, 1.54) is 0 Å². The Labute approximate surface area is 76.5 Å². The molecule has 0 amide bonds. The van der Waals surface area contributed by atoms with Crippen LogP contribution in [0.5, 0.6) is 0 Å². The molecule has 0 aliphatic heterocycles. The summed E-state index contributed by atoms with van der Waals surface area (Å²) in [4.78, 5) is 17.7. The number of rotatable bonds is 2. The zero-order valence-electron chi connectivity index (χ0n) is 6.33. The predicted octanol–water partition coefficient (Wildman–Crippen LogP) is 2.05. The molecule has 5 heteroatoms. The number of hydrogen-bond donors (Lipinski definition) is 3. The lowest BCUT2D eigenvalue weighted by Gasteiger charge is -2.01. The van der Waals surface area contributed by atoms with Crippen molar-refractivity contribution in [3.05, 3.63) is 35.9 Å². The second-order valence-corrected chi connectivity index (χ2v) is 5.29. The Kier molecular flexibility index (Phi) is 3.35. The normalized spacial score (nSPS) is 11.2. The fourth-order valence-electron chi connectivity index (χ4n) is 0.760.